The van der Waals surface area contributed by atoms with Gasteiger partial charge in [0.2, 0.25) is 0 Å². The van der Waals surface area contributed by atoms with Gasteiger partial charge < -0.3 is 15.3 Å². The second kappa shape index (κ2) is 4.59. The molecule has 0 spiro atoms. The molecule has 82 valence electrons. The number of benzene rings is 1. The van der Waals surface area contributed by atoms with E-state index in [9.17, 15) is 15.0 Å². The summed E-state index contributed by atoms with van der Waals surface area (Å²) in [6.07, 6.45) is -0.0497. The first kappa shape index (κ1) is 11.9. The number of carbonyl (C=O) groups is 1. The van der Waals surface area contributed by atoms with Crippen LogP contribution in [0.15, 0.2) is 6.07 Å². The number of hydrogen-bond donors (Lipinski definition) is 3. The monoisotopic (exact) mass is 250 g/mol. The van der Waals surface area contributed by atoms with Crippen molar-refractivity contribution in [3.63, 3.8) is 0 Å². The number of carboxylic acids is 1. The van der Waals surface area contributed by atoms with Crippen LogP contribution in [0.4, 0.5) is 0 Å². The first-order valence-electron chi connectivity index (χ1n) is 4.04. The lowest BCUT2D eigenvalue weighted by molar-refractivity contribution is -0.136. The highest BCUT2D eigenvalue weighted by molar-refractivity contribution is 6.38. The lowest BCUT2D eigenvalue weighted by Gasteiger charge is -2.08. The van der Waals surface area contributed by atoms with Crippen LogP contribution in [0.25, 0.3) is 0 Å². The SMILES string of the molecule is O=C(O)CCc1cc(Cl)c(O)c(Cl)c1O. The Morgan fingerprint density at radius 1 is 1.27 bits per heavy atom. The van der Waals surface area contributed by atoms with Crippen LogP contribution in [0.2, 0.25) is 10.0 Å². The molecular weight excluding hydrogens is 243 g/mol. The maximum Gasteiger partial charge on any atom is 0.303 e. The zero-order valence-electron chi connectivity index (χ0n) is 7.50. The van der Waals surface area contributed by atoms with Gasteiger partial charge in [-0.2, -0.15) is 0 Å². The number of aliphatic carboxylic acids is 1. The molecule has 15 heavy (non-hydrogen) atoms. The molecule has 0 fully saturated rings. The molecule has 1 aromatic rings. The lowest BCUT2D eigenvalue weighted by Crippen LogP contribution is -1.98. The Balaban J connectivity index is 3.04. The molecule has 0 aliphatic carbocycles. The van der Waals surface area contributed by atoms with Gasteiger partial charge in [0.15, 0.2) is 5.75 Å². The molecule has 0 aromatic heterocycles. The molecule has 3 N–H and O–H groups in total. The van der Waals surface area contributed by atoms with Gasteiger partial charge in [-0.3, -0.25) is 4.79 Å². The number of carboxylic acid groups (broad SMARTS) is 1. The van der Waals surface area contributed by atoms with Crippen molar-refractivity contribution in [1.82, 2.24) is 0 Å². The van der Waals surface area contributed by atoms with E-state index in [0.29, 0.717) is 5.56 Å². The van der Waals surface area contributed by atoms with Crippen molar-refractivity contribution in [2.45, 2.75) is 12.8 Å². The fourth-order valence-corrected chi connectivity index (χ4v) is 1.58. The van der Waals surface area contributed by atoms with E-state index in [1.807, 2.05) is 0 Å². The summed E-state index contributed by atoms with van der Waals surface area (Å²) >= 11 is 11.2. The third-order valence-corrected chi connectivity index (χ3v) is 2.50. The first-order chi connectivity index (χ1) is 6.93. The number of phenols is 2. The van der Waals surface area contributed by atoms with Crippen LogP contribution in [-0.4, -0.2) is 21.3 Å². The zero-order valence-corrected chi connectivity index (χ0v) is 9.01. The molecular formula is C9H8Cl2O4. The summed E-state index contributed by atoms with van der Waals surface area (Å²) in [6, 6.07) is 1.29. The van der Waals surface area contributed by atoms with E-state index in [1.54, 1.807) is 0 Å². The van der Waals surface area contributed by atoms with Gasteiger partial charge in [-0.1, -0.05) is 23.2 Å². The normalized spacial score (nSPS) is 10.3. The standard InChI is InChI=1S/C9H8Cl2O4/c10-5-3-4(1-2-6(12)13)8(14)7(11)9(5)15/h3,14-15H,1-2H2,(H,12,13). The summed E-state index contributed by atoms with van der Waals surface area (Å²) in [6.45, 7) is 0. The van der Waals surface area contributed by atoms with Gasteiger partial charge in [-0.25, -0.2) is 0 Å². The molecule has 1 rings (SSSR count). The van der Waals surface area contributed by atoms with Gasteiger partial charge in [0.05, 0.1) is 5.02 Å². The largest absolute Gasteiger partial charge is 0.506 e. The van der Waals surface area contributed by atoms with Gasteiger partial charge in [-0.15, -0.1) is 0 Å². The Morgan fingerprint density at radius 2 is 1.87 bits per heavy atom. The zero-order chi connectivity index (χ0) is 11.6. The summed E-state index contributed by atoms with van der Waals surface area (Å²) in [5.74, 6) is -1.73. The highest BCUT2D eigenvalue weighted by atomic mass is 35.5. The third-order valence-electron chi connectivity index (χ3n) is 1.86. The first-order valence-corrected chi connectivity index (χ1v) is 4.79. The van der Waals surface area contributed by atoms with Crippen LogP contribution in [-0.2, 0) is 11.2 Å². The molecule has 4 nitrogen and oxygen atoms in total. The summed E-state index contributed by atoms with van der Waals surface area (Å²) in [7, 11) is 0. The average Bonchev–Trinajstić information content (AvgIpc) is 2.18. The van der Waals surface area contributed by atoms with Crippen molar-refractivity contribution >= 4 is 29.2 Å². The van der Waals surface area contributed by atoms with Crippen molar-refractivity contribution in [2.75, 3.05) is 0 Å². The van der Waals surface area contributed by atoms with Crippen molar-refractivity contribution in [3.8, 4) is 11.5 Å². The van der Waals surface area contributed by atoms with Gasteiger partial charge in [0.1, 0.15) is 10.8 Å². The van der Waals surface area contributed by atoms with Crippen LogP contribution >= 0.6 is 23.2 Å². The number of phenolic OH excluding ortho intramolecular Hbond substituents is 2. The van der Waals surface area contributed by atoms with Gasteiger partial charge in [0, 0.05) is 6.42 Å². The minimum Gasteiger partial charge on any atom is -0.506 e. The van der Waals surface area contributed by atoms with E-state index >= 15 is 0 Å². The smallest absolute Gasteiger partial charge is 0.303 e. The highest BCUT2D eigenvalue weighted by Crippen LogP contribution is 2.41. The molecule has 0 heterocycles. The molecule has 0 aliphatic heterocycles. The molecule has 0 saturated carbocycles. The predicted molar refractivity (Wildman–Crippen MR) is 55.7 cm³/mol. The van der Waals surface area contributed by atoms with Crippen LogP contribution in [0.3, 0.4) is 0 Å². The maximum absolute atomic E-state index is 10.3. The molecule has 1 aromatic carbocycles. The molecule has 0 atom stereocenters. The molecule has 0 unspecified atom stereocenters. The maximum atomic E-state index is 10.3. The minimum atomic E-state index is -0.991. The number of aromatic hydroxyl groups is 2. The summed E-state index contributed by atoms with van der Waals surface area (Å²) in [5.41, 5.74) is 0.296. The number of rotatable bonds is 3. The fourth-order valence-electron chi connectivity index (χ4n) is 1.08. The molecule has 6 heteroatoms. The van der Waals surface area contributed by atoms with Crippen LogP contribution in [0, 0.1) is 0 Å². The van der Waals surface area contributed by atoms with Crippen LogP contribution in [0.5, 0.6) is 11.5 Å². The molecule has 0 bridgehead atoms. The lowest BCUT2D eigenvalue weighted by atomic mass is 10.1. The van der Waals surface area contributed by atoms with E-state index < -0.39 is 11.7 Å². The van der Waals surface area contributed by atoms with Crippen molar-refractivity contribution < 1.29 is 20.1 Å². The average molecular weight is 251 g/mol. The fraction of sp³-hybridized carbons (Fsp3) is 0.222. The highest BCUT2D eigenvalue weighted by Gasteiger charge is 2.15. The Bertz CT molecular complexity index is 404. The molecule has 0 radical (unpaired) electrons. The molecule has 0 amide bonds. The summed E-state index contributed by atoms with van der Waals surface area (Å²) in [5, 5.41) is 26.9. The van der Waals surface area contributed by atoms with Crippen molar-refractivity contribution in [3.05, 3.63) is 21.7 Å². The van der Waals surface area contributed by atoms with Gasteiger partial charge >= 0.3 is 5.97 Å². The number of aryl methyl sites for hydroxylation is 1. The molecule has 0 saturated heterocycles. The van der Waals surface area contributed by atoms with E-state index in [0.717, 1.165) is 0 Å². The van der Waals surface area contributed by atoms with E-state index in [4.69, 9.17) is 28.3 Å². The van der Waals surface area contributed by atoms with Gasteiger partial charge in [-0.05, 0) is 18.1 Å². The third kappa shape index (κ3) is 2.67. The summed E-state index contributed by atoms with van der Waals surface area (Å²) in [4.78, 5) is 10.3. The predicted octanol–water partition coefficient (Wildman–Crippen LogP) is 2.42. The Morgan fingerprint density at radius 3 is 2.40 bits per heavy atom. The molecule has 0 aliphatic rings. The second-order valence-corrected chi connectivity index (χ2v) is 3.71. The Kier molecular flexibility index (Phi) is 3.66. The number of halogens is 2. The Labute approximate surface area is 95.7 Å². The minimum absolute atomic E-state index is 0.0156. The van der Waals surface area contributed by atoms with E-state index in [1.165, 1.54) is 6.07 Å². The van der Waals surface area contributed by atoms with Crippen molar-refractivity contribution in [1.29, 1.82) is 0 Å². The topological polar surface area (TPSA) is 77.8 Å². The Hall–Kier alpha value is -1.13. The van der Waals surface area contributed by atoms with Crippen molar-refractivity contribution in [2.24, 2.45) is 0 Å². The van der Waals surface area contributed by atoms with Gasteiger partial charge in [0.25, 0.3) is 0 Å². The van der Waals surface area contributed by atoms with E-state index in [2.05, 4.69) is 0 Å². The quantitative estimate of drug-likeness (QED) is 0.770. The van der Waals surface area contributed by atoms with E-state index in [-0.39, 0.29) is 28.6 Å². The van der Waals surface area contributed by atoms with Crippen LogP contribution < -0.4 is 0 Å². The number of hydrogen-bond acceptors (Lipinski definition) is 3. The van der Waals surface area contributed by atoms with Crippen LogP contribution in [0.1, 0.15) is 12.0 Å². The summed E-state index contributed by atoms with van der Waals surface area (Å²) < 4.78 is 0. The second-order valence-electron chi connectivity index (χ2n) is 2.92.